The van der Waals surface area contributed by atoms with Crippen molar-refractivity contribution in [2.24, 2.45) is 0 Å². The first kappa shape index (κ1) is 15.8. The molecule has 0 radical (unpaired) electrons. The van der Waals surface area contributed by atoms with Crippen LogP contribution in [0.3, 0.4) is 0 Å². The zero-order valence-electron chi connectivity index (χ0n) is 12.5. The van der Waals surface area contributed by atoms with Crippen LogP contribution in [0.25, 0.3) is 0 Å². The van der Waals surface area contributed by atoms with Crippen LogP contribution in [0, 0.1) is 5.82 Å². The lowest BCUT2D eigenvalue weighted by Gasteiger charge is -2.36. The van der Waals surface area contributed by atoms with Crippen LogP contribution in [0.15, 0.2) is 53.0 Å². The van der Waals surface area contributed by atoms with E-state index in [2.05, 4.69) is 32.2 Å². The largest absolute Gasteiger partial charge is 0.367 e. The highest BCUT2D eigenvalue weighted by Crippen LogP contribution is 2.26. The number of para-hydroxylation sites is 1. The Balaban J connectivity index is 1.58. The lowest BCUT2D eigenvalue weighted by Crippen LogP contribution is -2.50. The van der Waals surface area contributed by atoms with E-state index in [0.29, 0.717) is 18.8 Å². The molecule has 23 heavy (non-hydrogen) atoms. The maximum Gasteiger partial charge on any atom is 0.321 e. The van der Waals surface area contributed by atoms with Crippen LogP contribution in [0.5, 0.6) is 0 Å². The van der Waals surface area contributed by atoms with Gasteiger partial charge in [-0.2, -0.15) is 0 Å². The third kappa shape index (κ3) is 3.82. The van der Waals surface area contributed by atoms with Crippen molar-refractivity contribution >= 4 is 33.3 Å². The fourth-order valence-electron chi connectivity index (χ4n) is 2.63. The predicted octanol–water partition coefficient (Wildman–Crippen LogP) is 3.94. The van der Waals surface area contributed by atoms with Crippen molar-refractivity contribution in [3.63, 3.8) is 0 Å². The molecule has 1 fully saturated rings. The molecule has 1 aliphatic rings. The third-order valence-electron chi connectivity index (χ3n) is 3.84. The normalized spacial score (nSPS) is 14.7. The molecule has 0 bridgehead atoms. The Kier molecular flexibility index (Phi) is 4.81. The van der Waals surface area contributed by atoms with Gasteiger partial charge in [-0.05, 0) is 46.3 Å². The third-order valence-corrected chi connectivity index (χ3v) is 4.51. The Morgan fingerprint density at radius 1 is 1.04 bits per heavy atom. The second kappa shape index (κ2) is 7.00. The van der Waals surface area contributed by atoms with E-state index < -0.39 is 0 Å². The van der Waals surface area contributed by atoms with Crippen molar-refractivity contribution in [1.82, 2.24) is 4.90 Å². The highest BCUT2D eigenvalue weighted by molar-refractivity contribution is 9.10. The molecular formula is C17H17BrFN3O. The van der Waals surface area contributed by atoms with Gasteiger partial charge in [-0.15, -0.1) is 0 Å². The zero-order chi connectivity index (χ0) is 16.2. The summed E-state index contributed by atoms with van der Waals surface area (Å²) in [6.07, 6.45) is 0. The van der Waals surface area contributed by atoms with E-state index in [1.165, 1.54) is 12.1 Å². The minimum Gasteiger partial charge on any atom is -0.367 e. The van der Waals surface area contributed by atoms with Crippen molar-refractivity contribution in [3.05, 3.63) is 58.8 Å². The topological polar surface area (TPSA) is 35.6 Å². The monoisotopic (exact) mass is 377 g/mol. The highest BCUT2D eigenvalue weighted by Gasteiger charge is 2.22. The number of carbonyl (C=O) groups excluding carboxylic acids is 1. The minimum absolute atomic E-state index is 0.192. The molecular weight excluding hydrogens is 361 g/mol. The fraction of sp³-hybridized carbons (Fsp3) is 0.235. The molecule has 2 aromatic carbocycles. The van der Waals surface area contributed by atoms with Gasteiger partial charge in [-0.3, -0.25) is 0 Å². The first-order valence-corrected chi connectivity index (χ1v) is 8.24. The first-order valence-electron chi connectivity index (χ1n) is 7.44. The van der Waals surface area contributed by atoms with Crippen LogP contribution in [0.4, 0.5) is 20.6 Å². The van der Waals surface area contributed by atoms with E-state index in [1.807, 2.05) is 18.2 Å². The van der Waals surface area contributed by atoms with Gasteiger partial charge in [0.25, 0.3) is 0 Å². The summed E-state index contributed by atoms with van der Waals surface area (Å²) >= 11 is 3.56. The number of hydrogen-bond acceptors (Lipinski definition) is 2. The molecule has 3 rings (SSSR count). The van der Waals surface area contributed by atoms with Crippen molar-refractivity contribution in [3.8, 4) is 0 Å². The van der Waals surface area contributed by atoms with Crippen molar-refractivity contribution in [2.75, 3.05) is 36.4 Å². The summed E-state index contributed by atoms with van der Waals surface area (Å²) in [7, 11) is 0. The molecule has 2 amide bonds. The number of nitrogens with one attached hydrogen (secondary N) is 1. The lowest BCUT2D eigenvalue weighted by molar-refractivity contribution is 0.208. The molecule has 0 atom stereocenters. The summed E-state index contributed by atoms with van der Waals surface area (Å²) in [6.45, 7) is 2.78. The van der Waals surface area contributed by atoms with E-state index in [9.17, 15) is 9.18 Å². The number of rotatable bonds is 2. The van der Waals surface area contributed by atoms with E-state index >= 15 is 0 Å². The summed E-state index contributed by atoms with van der Waals surface area (Å²) in [5.41, 5.74) is 1.61. The quantitative estimate of drug-likeness (QED) is 0.859. The molecule has 0 unspecified atom stereocenters. The fourth-order valence-corrected chi connectivity index (χ4v) is 3.16. The van der Waals surface area contributed by atoms with Gasteiger partial charge < -0.3 is 15.1 Å². The molecule has 1 saturated heterocycles. The smallest absolute Gasteiger partial charge is 0.321 e. The van der Waals surface area contributed by atoms with Gasteiger partial charge in [0.2, 0.25) is 0 Å². The van der Waals surface area contributed by atoms with E-state index in [-0.39, 0.29) is 11.8 Å². The van der Waals surface area contributed by atoms with E-state index in [0.717, 1.165) is 23.2 Å². The van der Waals surface area contributed by atoms with Crippen LogP contribution in [-0.4, -0.2) is 37.1 Å². The van der Waals surface area contributed by atoms with Gasteiger partial charge in [0, 0.05) is 36.3 Å². The van der Waals surface area contributed by atoms with Crippen LogP contribution in [0.2, 0.25) is 0 Å². The number of halogens is 2. The highest BCUT2D eigenvalue weighted by atomic mass is 79.9. The summed E-state index contributed by atoms with van der Waals surface area (Å²) in [5.74, 6) is -0.360. The molecule has 0 aliphatic carbocycles. The SMILES string of the molecule is O=C(Nc1cccc(F)c1)N1CCN(c2ccccc2Br)CC1. The van der Waals surface area contributed by atoms with Crippen LogP contribution >= 0.6 is 15.9 Å². The molecule has 1 N–H and O–H groups in total. The number of nitrogens with zero attached hydrogens (tertiary/aromatic N) is 2. The predicted molar refractivity (Wildman–Crippen MR) is 93.3 cm³/mol. The maximum atomic E-state index is 13.2. The summed E-state index contributed by atoms with van der Waals surface area (Å²) in [6, 6.07) is 13.8. The van der Waals surface area contributed by atoms with Crippen molar-refractivity contribution in [1.29, 1.82) is 0 Å². The number of hydrogen-bond donors (Lipinski definition) is 1. The lowest BCUT2D eigenvalue weighted by atomic mass is 10.2. The number of benzene rings is 2. The van der Waals surface area contributed by atoms with Gasteiger partial charge in [-0.25, -0.2) is 9.18 Å². The summed E-state index contributed by atoms with van der Waals surface area (Å²) < 4.78 is 14.2. The second-order valence-electron chi connectivity index (χ2n) is 5.37. The Morgan fingerprint density at radius 3 is 2.48 bits per heavy atom. The Labute approximate surface area is 143 Å². The molecule has 1 aliphatic heterocycles. The number of piperazine rings is 1. The van der Waals surface area contributed by atoms with Gasteiger partial charge in [0.1, 0.15) is 5.82 Å². The van der Waals surface area contributed by atoms with Crippen molar-refractivity contribution in [2.45, 2.75) is 0 Å². The molecule has 120 valence electrons. The average Bonchev–Trinajstić information content (AvgIpc) is 2.55. The standard InChI is InChI=1S/C17H17BrFN3O/c18-15-6-1-2-7-16(15)21-8-10-22(11-9-21)17(23)20-14-5-3-4-13(19)12-14/h1-7,12H,8-11H2,(H,20,23). The van der Waals surface area contributed by atoms with Gasteiger partial charge >= 0.3 is 6.03 Å². The molecule has 0 saturated carbocycles. The minimum atomic E-state index is -0.360. The van der Waals surface area contributed by atoms with E-state index in [4.69, 9.17) is 0 Å². The van der Waals surface area contributed by atoms with Crippen molar-refractivity contribution < 1.29 is 9.18 Å². The molecule has 4 nitrogen and oxygen atoms in total. The van der Waals surface area contributed by atoms with Crippen LogP contribution < -0.4 is 10.2 Å². The van der Waals surface area contributed by atoms with Crippen LogP contribution in [0.1, 0.15) is 0 Å². The molecule has 0 spiro atoms. The second-order valence-corrected chi connectivity index (χ2v) is 6.22. The number of carbonyl (C=O) groups is 1. The van der Waals surface area contributed by atoms with E-state index in [1.54, 1.807) is 17.0 Å². The summed E-state index contributed by atoms with van der Waals surface area (Å²) in [4.78, 5) is 16.2. The molecule has 0 aromatic heterocycles. The summed E-state index contributed by atoms with van der Waals surface area (Å²) in [5, 5.41) is 2.74. The van der Waals surface area contributed by atoms with Crippen LogP contribution in [-0.2, 0) is 0 Å². The van der Waals surface area contributed by atoms with Gasteiger partial charge in [0.15, 0.2) is 0 Å². The Hall–Kier alpha value is -2.08. The van der Waals surface area contributed by atoms with Gasteiger partial charge in [0.05, 0.1) is 5.69 Å². The number of amides is 2. The zero-order valence-corrected chi connectivity index (χ0v) is 14.1. The average molecular weight is 378 g/mol. The molecule has 1 heterocycles. The number of urea groups is 1. The molecule has 6 heteroatoms. The van der Waals surface area contributed by atoms with Gasteiger partial charge in [-0.1, -0.05) is 18.2 Å². The maximum absolute atomic E-state index is 13.2. The Morgan fingerprint density at radius 2 is 1.78 bits per heavy atom. The first-order chi connectivity index (χ1) is 11.1. The number of anilines is 2. The molecule has 2 aromatic rings. The Bertz CT molecular complexity index is 702.